The Morgan fingerprint density at radius 1 is 1.20 bits per heavy atom. The van der Waals surface area contributed by atoms with Crippen molar-refractivity contribution in [2.24, 2.45) is 17.6 Å². The van der Waals surface area contributed by atoms with Crippen molar-refractivity contribution in [1.29, 1.82) is 0 Å². The second-order valence-electron chi connectivity index (χ2n) is 9.22. The summed E-state index contributed by atoms with van der Waals surface area (Å²) in [6, 6.07) is 2.22. The van der Waals surface area contributed by atoms with Crippen LogP contribution in [0.4, 0.5) is 0 Å². The number of carboxylic acids is 1. The van der Waals surface area contributed by atoms with Crippen molar-refractivity contribution in [2.75, 3.05) is 6.61 Å². The van der Waals surface area contributed by atoms with Crippen LogP contribution in [0.3, 0.4) is 0 Å². The van der Waals surface area contributed by atoms with Crippen molar-refractivity contribution in [3.63, 3.8) is 0 Å². The maximum atomic E-state index is 13.1. The van der Waals surface area contributed by atoms with Gasteiger partial charge in [0, 0.05) is 29.4 Å². The molecular weight excluding hydrogens is 474 g/mol. The van der Waals surface area contributed by atoms with E-state index in [1.54, 1.807) is 26.0 Å². The van der Waals surface area contributed by atoms with Gasteiger partial charge >= 0.3 is 5.97 Å². The number of aromatic amines is 1. The summed E-state index contributed by atoms with van der Waals surface area (Å²) in [5.74, 6) is -2.04. The highest BCUT2D eigenvalue weighted by Crippen LogP contribution is 2.24. The minimum absolute atomic E-state index is 0.0166. The van der Waals surface area contributed by atoms with E-state index in [1.807, 2.05) is 0 Å². The number of hydrogen-bond donors (Lipinski definition) is 5. The summed E-state index contributed by atoms with van der Waals surface area (Å²) < 4.78 is 5.80. The topological polar surface area (TPSA) is 159 Å². The molecule has 6 N–H and O–H groups in total. The molecule has 0 saturated heterocycles. The van der Waals surface area contributed by atoms with Gasteiger partial charge in [-0.2, -0.15) is 0 Å². The van der Waals surface area contributed by atoms with Gasteiger partial charge in [0.15, 0.2) is 0 Å². The number of H-pyrrole nitrogens is 1. The predicted molar refractivity (Wildman–Crippen MR) is 132 cm³/mol. The highest BCUT2D eigenvalue weighted by atomic mass is 35.5. The van der Waals surface area contributed by atoms with Crippen LogP contribution in [-0.4, -0.2) is 57.6 Å². The molecule has 1 aromatic heterocycles. The predicted octanol–water partition coefficient (Wildman–Crippen LogP) is 2.38. The lowest BCUT2D eigenvalue weighted by molar-refractivity contribution is -0.142. The van der Waals surface area contributed by atoms with E-state index in [1.165, 1.54) is 18.6 Å². The Morgan fingerprint density at radius 3 is 2.49 bits per heavy atom. The van der Waals surface area contributed by atoms with E-state index in [9.17, 15) is 19.5 Å². The summed E-state index contributed by atoms with van der Waals surface area (Å²) in [6.07, 6.45) is 3.68. The summed E-state index contributed by atoms with van der Waals surface area (Å²) in [6.45, 7) is 7.82. The van der Waals surface area contributed by atoms with Crippen molar-refractivity contribution >= 4 is 29.4 Å². The van der Waals surface area contributed by atoms with E-state index in [2.05, 4.69) is 34.4 Å². The quantitative estimate of drug-likeness (QED) is 0.278. The SMILES string of the molecule is CC(C)C[C@@H](N)COc1ccc(Cl)cc1C(=O)N[C@H](C(=O)N[C@@H](Cc1cnc[nH]1)C(=O)O)C(C)C. The lowest BCUT2D eigenvalue weighted by Crippen LogP contribution is -2.54. The highest BCUT2D eigenvalue weighted by Gasteiger charge is 2.30. The summed E-state index contributed by atoms with van der Waals surface area (Å²) >= 11 is 6.11. The van der Waals surface area contributed by atoms with Crippen LogP contribution in [-0.2, 0) is 16.0 Å². The number of imidazole rings is 1. The van der Waals surface area contributed by atoms with E-state index in [-0.39, 0.29) is 36.3 Å². The molecule has 0 radical (unpaired) electrons. The van der Waals surface area contributed by atoms with Gasteiger partial charge < -0.3 is 31.2 Å². The highest BCUT2D eigenvalue weighted by molar-refractivity contribution is 6.31. The first-order valence-corrected chi connectivity index (χ1v) is 11.8. The van der Waals surface area contributed by atoms with Gasteiger partial charge in [-0.1, -0.05) is 39.3 Å². The normalized spacial score (nSPS) is 13.8. The Morgan fingerprint density at radius 2 is 1.91 bits per heavy atom. The molecule has 0 bridgehead atoms. The maximum Gasteiger partial charge on any atom is 0.326 e. The molecule has 0 unspecified atom stereocenters. The Hall–Kier alpha value is -3.11. The number of nitrogens with one attached hydrogen (secondary N) is 3. The summed E-state index contributed by atoms with van der Waals surface area (Å²) in [4.78, 5) is 44.5. The Balaban J connectivity index is 2.14. The van der Waals surface area contributed by atoms with Crippen LogP contribution >= 0.6 is 11.6 Å². The summed E-state index contributed by atoms with van der Waals surface area (Å²) in [5, 5.41) is 15.1. The lowest BCUT2D eigenvalue weighted by Gasteiger charge is -2.24. The number of nitrogens with two attached hydrogens (primary N) is 1. The molecular formula is C24H34ClN5O5. The number of rotatable bonds is 13. The van der Waals surface area contributed by atoms with Gasteiger partial charge in [-0.15, -0.1) is 0 Å². The second-order valence-corrected chi connectivity index (χ2v) is 9.65. The minimum atomic E-state index is -1.20. The maximum absolute atomic E-state index is 13.1. The third kappa shape index (κ3) is 8.88. The zero-order valence-electron chi connectivity index (χ0n) is 20.4. The number of halogens is 1. The molecule has 2 amide bonds. The zero-order valence-corrected chi connectivity index (χ0v) is 21.1. The van der Waals surface area contributed by atoms with E-state index < -0.39 is 29.9 Å². The number of carboxylic acid groups (broad SMARTS) is 1. The monoisotopic (exact) mass is 507 g/mol. The standard InChI is InChI=1S/C24H34ClN5O5/c1-13(2)7-16(26)11-35-20-6-5-15(25)8-18(20)22(31)30-21(14(3)4)23(32)29-19(24(33)34)9-17-10-27-12-28-17/h5-6,8,10,12-14,16,19,21H,7,9,11,26H2,1-4H3,(H,27,28)(H,29,32)(H,30,31)(H,33,34)/t16-,19+,21+/m1/s1. The van der Waals surface area contributed by atoms with Crippen molar-refractivity contribution in [3.05, 3.63) is 47.0 Å². The first-order chi connectivity index (χ1) is 16.5. The smallest absolute Gasteiger partial charge is 0.326 e. The second kappa shape index (κ2) is 13.1. The number of carbonyl (C=O) groups is 3. The van der Waals surface area contributed by atoms with Gasteiger partial charge in [0.1, 0.15) is 24.4 Å². The third-order valence-electron chi connectivity index (χ3n) is 5.24. The van der Waals surface area contributed by atoms with Gasteiger partial charge in [0.2, 0.25) is 5.91 Å². The molecule has 1 heterocycles. The molecule has 2 aromatic rings. The lowest BCUT2D eigenvalue weighted by atomic mass is 10.0. The van der Waals surface area contributed by atoms with E-state index in [0.717, 1.165) is 6.42 Å². The Kier molecular flexibility index (Phi) is 10.5. The van der Waals surface area contributed by atoms with Gasteiger partial charge in [0.05, 0.1) is 11.9 Å². The van der Waals surface area contributed by atoms with Crippen LogP contribution in [0.1, 0.15) is 50.2 Å². The van der Waals surface area contributed by atoms with Crippen LogP contribution in [0.5, 0.6) is 5.75 Å². The number of aliphatic carboxylic acids is 1. The van der Waals surface area contributed by atoms with E-state index in [0.29, 0.717) is 16.6 Å². The number of hydrogen-bond acceptors (Lipinski definition) is 6. The van der Waals surface area contributed by atoms with Gasteiger partial charge in [0.25, 0.3) is 5.91 Å². The fourth-order valence-electron chi connectivity index (χ4n) is 3.51. The van der Waals surface area contributed by atoms with E-state index in [4.69, 9.17) is 22.1 Å². The Bertz CT molecular complexity index is 996. The number of ether oxygens (including phenoxy) is 1. The van der Waals surface area contributed by atoms with Crippen LogP contribution < -0.4 is 21.1 Å². The first kappa shape index (κ1) is 28.1. The molecule has 192 valence electrons. The molecule has 3 atom stereocenters. The van der Waals surface area contributed by atoms with Crippen LogP contribution in [0, 0.1) is 11.8 Å². The molecule has 35 heavy (non-hydrogen) atoms. The number of amides is 2. The average Bonchev–Trinajstić information content (AvgIpc) is 3.28. The summed E-state index contributed by atoms with van der Waals surface area (Å²) in [5.41, 5.74) is 6.81. The average molecular weight is 508 g/mol. The Labute approximate surface area is 210 Å². The molecule has 0 aliphatic carbocycles. The van der Waals surface area contributed by atoms with Crippen molar-refractivity contribution in [2.45, 2.75) is 58.7 Å². The number of nitrogens with zero attached hydrogens (tertiary/aromatic N) is 1. The number of aromatic nitrogens is 2. The first-order valence-electron chi connectivity index (χ1n) is 11.5. The fourth-order valence-corrected chi connectivity index (χ4v) is 3.68. The van der Waals surface area contributed by atoms with Gasteiger partial charge in [-0.05, 0) is 36.5 Å². The van der Waals surface area contributed by atoms with Crippen molar-refractivity contribution < 1.29 is 24.2 Å². The van der Waals surface area contributed by atoms with Crippen LogP contribution in [0.15, 0.2) is 30.7 Å². The zero-order chi connectivity index (χ0) is 26.1. The largest absolute Gasteiger partial charge is 0.491 e. The van der Waals surface area contributed by atoms with Gasteiger partial charge in [-0.25, -0.2) is 9.78 Å². The molecule has 0 aliphatic rings. The molecule has 1 aromatic carbocycles. The molecule has 2 rings (SSSR count). The van der Waals surface area contributed by atoms with Crippen LogP contribution in [0.25, 0.3) is 0 Å². The van der Waals surface area contributed by atoms with Crippen molar-refractivity contribution in [3.8, 4) is 5.75 Å². The molecule has 11 heteroatoms. The summed E-state index contributed by atoms with van der Waals surface area (Å²) in [7, 11) is 0. The number of carbonyl (C=O) groups excluding carboxylic acids is 2. The molecule has 0 fully saturated rings. The van der Waals surface area contributed by atoms with Crippen LogP contribution in [0.2, 0.25) is 5.02 Å². The third-order valence-corrected chi connectivity index (χ3v) is 5.48. The molecule has 0 spiro atoms. The van der Waals surface area contributed by atoms with E-state index >= 15 is 0 Å². The number of benzene rings is 1. The molecule has 10 nitrogen and oxygen atoms in total. The molecule has 0 aliphatic heterocycles. The minimum Gasteiger partial charge on any atom is -0.491 e. The molecule has 0 saturated carbocycles. The fraction of sp³-hybridized carbons (Fsp3) is 0.500. The van der Waals surface area contributed by atoms with Crippen molar-refractivity contribution in [1.82, 2.24) is 20.6 Å². The van der Waals surface area contributed by atoms with Gasteiger partial charge in [-0.3, -0.25) is 9.59 Å².